The van der Waals surface area contributed by atoms with Crippen LogP contribution in [0.3, 0.4) is 0 Å². The lowest BCUT2D eigenvalue weighted by molar-refractivity contribution is -0.119. The van der Waals surface area contributed by atoms with Gasteiger partial charge in [0.25, 0.3) is 0 Å². The minimum Gasteiger partial charge on any atom is -0.308 e. The van der Waals surface area contributed by atoms with E-state index in [1.54, 1.807) is 4.90 Å². The Morgan fingerprint density at radius 3 is 2.54 bits per heavy atom. The van der Waals surface area contributed by atoms with Gasteiger partial charge in [-0.1, -0.05) is 37.5 Å². The van der Waals surface area contributed by atoms with Crippen molar-refractivity contribution < 1.29 is 13.2 Å². The van der Waals surface area contributed by atoms with Gasteiger partial charge in [-0.05, 0) is 37.8 Å². The van der Waals surface area contributed by atoms with Crippen LogP contribution in [-0.4, -0.2) is 43.5 Å². The summed E-state index contributed by atoms with van der Waals surface area (Å²) in [7, 11) is -3.40. The number of hydrogen-bond donors (Lipinski definition) is 0. The van der Waals surface area contributed by atoms with Crippen molar-refractivity contribution in [2.24, 2.45) is 0 Å². The number of carbonyl (C=O) groups is 1. The molecule has 3 rings (SSSR count). The third-order valence-corrected chi connectivity index (χ3v) is 6.45. The highest BCUT2D eigenvalue weighted by Gasteiger charge is 2.35. The highest BCUT2D eigenvalue weighted by molar-refractivity contribution is 7.88. The minimum atomic E-state index is -3.40. The largest absolute Gasteiger partial charge is 0.308 e. The third kappa shape index (κ3) is 3.49. The standard InChI is InChI=1S/C18H26N2O3S/c1-14-12-15-8-6-7-11-17(15)20(14)18(21)13-19(24(2,22)23)16-9-4-3-5-10-16/h6-8,11,14,16H,3-5,9-10,12-13H2,1-2H3/t14-/m1/s1. The molecule has 0 saturated heterocycles. The predicted molar refractivity (Wildman–Crippen MR) is 95.5 cm³/mol. The summed E-state index contributed by atoms with van der Waals surface area (Å²) in [4.78, 5) is 14.7. The Labute approximate surface area is 144 Å². The molecule has 1 aliphatic heterocycles. The SMILES string of the molecule is C[C@@H]1Cc2ccccc2N1C(=O)CN(C1CCCCC1)S(C)(=O)=O. The molecule has 1 aromatic carbocycles. The number of benzene rings is 1. The van der Waals surface area contributed by atoms with Crippen LogP contribution in [0.15, 0.2) is 24.3 Å². The summed E-state index contributed by atoms with van der Waals surface area (Å²) >= 11 is 0. The lowest BCUT2D eigenvalue weighted by Crippen LogP contribution is -2.49. The molecule has 1 heterocycles. The number of amides is 1. The minimum absolute atomic E-state index is 0.0362. The van der Waals surface area contributed by atoms with E-state index in [1.807, 2.05) is 31.2 Å². The van der Waals surface area contributed by atoms with Gasteiger partial charge in [-0.25, -0.2) is 8.42 Å². The Hall–Kier alpha value is -1.40. The van der Waals surface area contributed by atoms with Gasteiger partial charge in [-0.15, -0.1) is 0 Å². The Bertz CT molecular complexity index is 711. The molecule has 0 bridgehead atoms. The normalized spacial score (nSPS) is 22.0. The summed E-state index contributed by atoms with van der Waals surface area (Å²) in [5.41, 5.74) is 2.08. The van der Waals surface area contributed by atoms with Crippen LogP contribution in [0.25, 0.3) is 0 Å². The summed E-state index contributed by atoms with van der Waals surface area (Å²) in [6.45, 7) is 1.96. The highest BCUT2D eigenvalue weighted by Crippen LogP contribution is 2.32. The number of para-hydroxylation sites is 1. The molecular weight excluding hydrogens is 324 g/mol. The third-order valence-electron chi connectivity index (χ3n) is 5.17. The second kappa shape index (κ2) is 6.84. The molecule has 1 atom stereocenters. The van der Waals surface area contributed by atoms with Crippen molar-refractivity contribution in [3.63, 3.8) is 0 Å². The molecule has 0 spiro atoms. The van der Waals surface area contributed by atoms with Crippen molar-refractivity contribution in [1.82, 2.24) is 4.31 Å². The zero-order valence-corrected chi connectivity index (χ0v) is 15.3. The molecule has 1 aromatic rings. The van der Waals surface area contributed by atoms with Gasteiger partial charge in [-0.3, -0.25) is 4.79 Å². The Balaban J connectivity index is 1.81. The first-order chi connectivity index (χ1) is 11.4. The predicted octanol–water partition coefficient (Wildman–Crippen LogP) is 2.56. The Morgan fingerprint density at radius 2 is 1.88 bits per heavy atom. The molecule has 24 heavy (non-hydrogen) atoms. The van der Waals surface area contributed by atoms with E-state index >= 15 is 0 Å². The van der Waals surface area contributed by atoms with Gasteiger partial charge in [0, 0.05) is 17.8 Å². The molecule has 1 aliphatic carbocycles. The smallest absolute Gasteiger partial charge is 0.242 e. The average molecular weight is 350 g/mol. The fourth-order valence-corrected chi connectivity index (χ4v) is 5.14. The highest BCUT2D eigenvalue weighted by atomic mass is 32.2. The van der Waals surface area contributed by atoms with E-state index < -0.39 is 10.0 Å². The van der Waals surface area contributed by atoms with Crippen molar-refractivity contribution >= 4 is 21.6 Å². The van der Waals surface area contributed by atoms with Crippen LogP contribution in [0.2, 0.25) is 0 Å². The first-order valence-electron chi connectivity index (χ1n) is 8.74. The van der Waals surface area contributed by atoms with Gasteiger partial charge in [0.15, 0.2) is 0 Å². The van der Waals surface area contributed by atoms with E-state index in [1.165, 1.54) is 10.6 Å². The van der Waals surface area contributed by atoms with Crippen molar-refractivity contribution in [3.8, 4) is 0 Å². The first kappa shape index (κ1) is 17.4. The van der Waals surface area contributed by atoms with E-state index in [-0.39, 0.29) is 24.5 Å². The maximum atomic E-state index is 12.9. The first-order valence-corrected chi connectivity index (χ1v) is 10.6. The number of anilines is 1. The van der Waals surface area contributed by atoms with Crippen molar-refractivity contribution in [2.75, 3.05) is 17.7 Å². The maximum absolute atomic E-state index is 12.9. The Kier molecular flexibility index (Phi) is 4.97. The van der Waals surface area contributed by atoms with Crippen LogP contribution < -0.4 is 4.90 Å². The second-order valence-corrected chi connectivity index (χ2v) is 8.98. The van der Waals surface area contributed by atoms with E-state index in [0.717, 1.165) is 49.8 Å². The summed E-state index contributed by atoms with van der Waals surface area (Å²) in [6, 6.07) is 7.92. The zero-order chi connectivity index (χ0) is 17.3. The number of carbonyl (C=O) groups excluding carboxylic acids is 1. The molecule has 0 aromatic heterocycles. The molecule has 0 radical (unpaired) electrons. The lowest BCUT2D eigenvalue weighted by Gasteiger charge is -2.33. The molecule has 6 heteroatoms. The molecule has 5 nitrogen and oxygen atoms in total. The van der Waals surface area contributed by atoms with Crippen LogP contribution in [0.5, 0.6) is 0 Å². The monoisotopic (exact) mass is 350 g/mol. The fourth-order valence-electron chi connectivity index (χ4n) is 4.04. The summed E-state index contributed by atoms with van der Waals surface area (Å²) in [5.74, 6) is -0.122. The molecule has 1 saturated carbocycles. The van der Waals surface area contributed by atoms with Crippen LogP contribution in [0, 0.1) is 0 Å². The van der Waals surface area contributed by atoms with Crippen molar-refractivity contribution in [2.45, 2.75) is 57.5 Å². The number of sulfonamides is 1. The number of fused-ring (bicyclic) bond motifs is 1. The number of rotatable bonds is 4. The fraction of sp³-hybridized carbons (Fsp3) is 0.611. The second-order valence-electron chi connectivity index (χ2n) is 7.05. The van der Waals surface area contributed by atoms with Gasteiger partial charge in [0.2, 0.25) is 15.9 Å². The van der Waals surface area contributed by atoms with Gasteiger partial charge in [-0.2, -0.15) is 4.31 Å². The topological polar surface area (TPSA) is 57.7 Å². The van der Waals surface area contributed by atoms with Gasteiger partial charge < -0.3 is 4.90 Å². The van der Waals surface area contributed by atoms with Gasteiger partial charge >= 0.3 is 0 Å². The van der Waals surface area contributed by atoms with E-state index in [4.69, 9.17) is 0 Å². The summed E-state index contributed by atoms with van der Waals surface area (Å²) in [6.07, 6.45) is 6.97. The quantitative estimate of drug-likeness (QED) is 0.838. The molecule has 132 valence electrons. The van der Waals surface area contributed by atoms with E-state index in [2.05, 4.69) is 0 Å². The van der Waals surface area contributed by atoms with Crippen molar-refractivity contribution in [1.29, 1.82) is 0 Å². The van der Waals surface area contributed by atoms with Gasteiger partial charge in [0.1, 0.15) is 0 Å². The van der Waals surface area contributed by atoms with E-state index in [9.17, 15) is 13.2 Å². The number of nitrogens with zero attached hydrogens (tertiary/aromatic N) is 2. The summed E-state index contributed by atoms with van der Waals surface area (Å²) in [5, 5.41) is 0. The lowest BCUT2D eigenvalue weighted by atomic mass is 9.95. The molecule has 0 unspecified atom stereocenters. The maximum Gasteiger partial charge on any atom is 0.242 e. The van der Waals surface area contributed by atoms with Crippen LogP contribution in [-0.2, 0) is 21.2 Å². The molecule has 2 aliphatic rings. The number of hydrogen-bond acceptors (Lipinski definition) is 3. The molecule has 0 N–H and O–H groups in total. The zero-order valence-electron chi connectivity index (χ0n) is 14.4. The van der Waals surface area contributed by atoms with Gasteiger partial charge in [0.05, 0.1) is 12.8 Å². The van der Waals surface area contributed by atoms with Crippen LogP contribution in [0.1, 0.15) is 44.6 Å². The average Bonchev–Trinajstić information content (AvgIpc) is 2.88. The van der Waals surface area contributed by atoms with Crippen LogP contribution in [0.4, 0.5) is 5.69 Å². The van der Waals surface area contributed by atoms with E-state index in [0.29, 0.717) is 0 Å². The molecular formula is C18H26N2O3S. The summed E-state index contributed by atoms with van der Waals surface area (Å²) < 4.78 is 26.0. The Morgan fingerprint density at radius 1 is 1.21 bits per heavy atom. The molecule has 1 amide bonds. The van der Waals surface area contributed by atoms with Crippen LogP contribution >= 0.6 is 0 Å². The van der Waals surface area contributed by atoms with Crippen molar-refractivity contribution in [3.05, 3.63) is 29.8 Å². The molecule has 1 fully saturated rings.